The summed E-state index contributed by atoms with van der Waals surface area (Å²) in [5.41, 5.74) is 5.03. The van der Waals surface area contributed by atoms with Gasteiger partial charge in [0.05, 0.1) is 19.0 Å². The molecule has 0 aliphatic carbocycles. The minimum atomic E-state index is -5.26. The summed E-state index contributed by atoms with van der Waals surface area (Å²) >= 11 is 0. The minimum Gasteiger partial charge on any atom is -0.390 e. The molecule has 1 aliphatic rings. The third kappa shape index (κ3) is 5.48. The van der Waals surface area contributed by atoms with Gasteiger partial charge in [0.25, 0.3) is 5.56 Å². The Morgan fingerprint density at radius 2 is 2.07 bits per heavy atom. The number of ether oxygens (including phenoxy) is 1. The second-order valence-corrected chi connectivity index (χ2v) is 8.37. The van der Waals surface area contributed by atoms with Gasteiger partial charge in [-0.25, -0.2) is 14.1 Å². The van der Waals surface area contributed by atoms with Crippen molar-refractivity contribution in [2.75, 3.05) is 12.3 Å². The molecular formula is C10H15N5NaO10P2. The number of fused-ring (bicyclic) bond motifs is 1. The van der Waals surface area contributed by atoms with Crippen molar-refractivity contribution in [3.05, 3.63) is 16.7 Å². The summed E-state index contributed by atoms with van der Waals surface area (Å²) in [4.78, 5) is 48.3. The molecule has 0 spiro atoms. The number of H-pyrrole nitrogens is 1. The molecule has 0 bridgehead atoms. The van der Waals surface area contributed by atoms with Crippen molar-refractivity contribution in [3.8, 4) is 0 Å². The van der Waals surface area contributed by atoms with E-state index in [1.165, 1.54) is 10.9 Å². The Hall–Kier alpha value is -0.670. The van der Waals surface area contributed by atoms with Crippen LogP contribution in [0.3, 0.4) is 0 Å². The van der Waals surface area contributed by atoms with Crippen LogP contribution < -0.4 is 11.3 Å². The molecule has 1 fully saturated rings. The molecule has 1 aliphatic heterocycles. The molecular weight excluding hydrogens is 435 g/mol. The molecule has 0 saturated carbocycles. The Labute approximate surface area is 178 Å². The van der Waals surface area contributed by atoms with Crippen LogP contribution in [0.25, 0.3) is 11.2 Å². The number of rotatable bonds is 6. The van der Waals surface area contributed by atoms with Crippen LogP contribution in [0.15, 0.2) is 11.1 Å². The Bertz CT molecular complexity index is 1010. The minimum absolute atomic E-state index is 0. The van der Waals surface area contributed by atoms with Gasteiger partial charge >= 0.3 is 15.6 Å². The first-order valence-electron chi connectivity index (χ1n) is 7.25. The number of phosphoric acid groups is 2. The first-order valence-corrected chi connectivity index (χ1v) is 10.3. The Balaban J connectivity index is 0.00000280. The molecule has 3 heterocycles. The average molecular weight is 450 g/mol. The monoisotopic (exact) mass is 450 g/mol. The van der Waals surface area contributed by atoms with Crippen molar-refractivity contribution in [2.45, 2.75) is 24.9 Å². The smallest absolute Gasteiger partial charge is 0.390 e. The normalized spacial score (nSPS) is 24.8. The standard InChI is InChI=1S/C10H15N5O10P2.Na/c11-10-13-8-7(9(17)14-10)12-3-15(8)6-1-4(16)5(24-6)2-23-27(21,22)25-26(18,19)20;/h3-6,16H,1-2H2,(H,21,22)(H2,18,19,20)(H3,11,13,14,17);/t4-,5+,6+;/m0./s1. The molecule has 7 N–H and O–H groups in total. The number of hydrogen-bond acceptors (Lipinski definition) is 10. The zero-order chi connectivity index (χ0) is 20.0. The SMILES string of the molecule is Nc1nc2c(ncn2[C@H]2C[C@H](O)[C@@H](COP(=O)(O)OP(=O)(O)O)O2)c(=O)[nH]1.[Na]. The quantitative estimate of drug-likeness (QED) is 0.211. The van der Waals surface area contributed by atoms with Crippen molar-refractivity contribution < 1.29 is 42.5 Å². The third-order valence-corrected chi connectivity index (χ3v) is 5.73. The predicted molar refractivity (Wildman–Crippen MR) is 91.8 cm³/mol. The molecule has 3 rings (SSSR count). The van der Waals surface area contributed by atoms with Gasteiger partial charge in [-0.15, -0.1) is 0 Å². The van der Waals surface area contributed by atoms with Crippen LogP contribution in [0.4, 0.5) is 5.95 Å². The number of imidazole rings is 1. The molecule has 2 aromatic heterocycles. The van der Waals surface area contributed by atoms with Gasteiger partial charge in [0.15, 0.2) is 11.2 Å². The fourth-order valence-corrected chi connectivity index (χ4v) is 4.11. The van der Waals surface area contributed by atoms with E-state index < -0.39 is 46.2 Å². The summed E-state index contributed by atoms with van der Waals surface area (Å²) in [5, 5.41) is 10.1. The number of nitrogens with zero attached hydrogens (tertiary/aromatic N) is 3. The van der Waals surface area contributed by atoms with Gasteiger partial charge in [-0.3, -0.25) is 18.9 Å². The Kier molecular flexibility index (Phi) is 7.25. The van der Waals surface area contributed by atoms with E-state index >= 15 is 0 Å². The Morgan fingerprint density at radius 1 is 1.39 bits per heavy atom. The van der Waals surface area contributed by atoms with Crippen molar-refractivity contribution in [1.29, 1.82) is 0 Å². The van der Waals surface area contributed by atoms with E-state index in [9.17, 15) is 23.9 Å². The van der Waals surface area contributed by atoms with Crippen molar-refractivity contribution in [3.63, 3.8) is 0 Å². The summed E-state index contributed by atoms with van der Waals surface area (Å²) in [6.07, 6.45) is -1.91. The Morgan fingerprint density at radius 3 is 2.71 bits per heavy atom. The van der Waals surface area contributed by atoms with E-state index in [-0.39, 0.29) is 53.1 Å². The summed E-state index contributed by atoms with van der Waals surface area (Å²) in [5.74, 6) is -0.150. The molecule has 15 nitrogen and oxygen atoms in total. The number of aromatic amines is 1. The molecule has 18 heteroatoms. The van der Waals surface area contributed by atoms with Crippen molar-refractivity contribution >= 4 is 62.3 Å². The molecule has 0 amide bonds. The van der Waals surface area contributed by atoms with Crippen LogP contribution in [-0.4, -0.2) is 87.7 Å². The number of anilines is 1. The number of aliphatic hydroxyl groups excluding tert-OH is 1. The van der Waals surface area contributed by atoms with Crippen molar-refractivity contribution in [2.24, 2.45) is 0 Å². The molecule has 1 unspecified atom stereocenters. The summed E-state index contributed by atoms with van der Waals surface area (Å²) in [6, 6.07) is 0. The van der Waals surface area contributed by atoms with Gasteiger partial charge in [0.1, 0.15) is 12.3 Å². The van der Waals surface area contributed by atoms with Crippen LogP contribution in [0, 0.1) is 0 Å². The van der Waals surface area contributed by atoms with Crippen LogP contribution >= 0.6 is 15.6 Å². The number of nitrogen functional groups attached to an aromatic ring is 1. The van der Waals surface area contributed by atoms with Crippen LogP contribution in [0.1, 0.15) is 12.6 Å². The van der Waals surface area contributed by atoms with E-state index in [2.05, 4.69) is 23.8 Å². The fraction of sp³-hybridized carbons (Fsp3) is 0.500. The molecule has 1 saturated heterocycles. The van der Waals surface area contributed by atoms with Crippen LogP contribution in [0.2, 0.25) is 0 Å². The molecule has 4 atom stereocenters. The zero-order valence-electron chi connectivity index (χ0n) is 14.3. The second kappa shape index (κ2) is 8.60. The number of hydrogen-bond donors (Lipinski definition) is 6. The molecule has 1 radical (unpaired) electrons. The molecule has 28 heavy (non-hydrogen) atoms. The maximum Gasteiger partial charge on any atom is 0.481 e. The van der Waals surface area contributed by atoms with Gasteiger partial charge < -0.3 is 30.3 Å². The van der Waals surface area contributed by atoms with Crippen molar-refractivity contribution in [1.82, 2.24) is 19.5 Å². The van der Waals surface area contributed by atoms with Gasteiger partial charge in [-0.05, 0) is 0 Å². The van der Waals surface area contributed by atoms with Gasteiger partial charge in [0.2, 0.25) is 5.95 Å². The summed E-state index contributed by atoms with van der Waals surface area (Å²) in [6.45, 7) is -0.700. The first-order chi connectivity index (χ1) is 12.5. The largest absolute Gasteiger partial charge is 0.481 e. The molecule has 151 valence electrons. The number of phosphoric ester groups is 1. The maximum absolute atomic E-state index is 11.8. The number of aromatic nitrogens is 4. The second-order valence-electron chi connectivity index (χ2n) is 5.54. The topological polar surface area (TPSA) is 232 Å². The predicted octanol–water partition coefficient (Wildman–Crippen LogP) is -1.80. The van der Waals surface area contributed by atoms with E-state index in [1.807, 2.05) is 0 Å². The molecule has 0 aromatic carbocycles. The van der Waals surface area contributed by atoms with Crippen LogP contribution in [0.5, 0.6) is 0 Å². The zero-order valence-corrected chi connectivity index (χ0v) is 18.1. The number of nitrogens with two attached hydrogens (primary N) is 1. The summed E-state index contributed by atoms with van der Waals surface area (Å²) in [7, 11) is -10.3. The third-order valence-electron chi connectivity index (χ3n) is 3.58. The van der Waals surface area contributed by atoms with Gasteiger partial charge in [-0.1, -0.05) is 0 Å². The van der Waals surface area contributed by atoms with Gasteiger partial charge in [0, 0.05) is 36.0 Å². The summed E-state index contributed by atoms with van der Waals surface area (Å²) < 4.78 is 37.0. The fourth-order valence-electron chi connectivity index (χ4n) is 2.52. The number of nitrogens with one attached hydrogen (secondary N) is 1. The average Bonchev–Trinajstić information content (AvgIpc) is 3.06. The number of aliphatic hydroxyl groups is 1. The van der Waals surface area contributed by atoms with E-state index in [0.29, 0.717) is 0 Å². The maximum atomic E-state index is 11.8. The van der Waals surface area contributed by atoms with E-state index in [0.717, 1.165) is 0 Å². The first kappa shape index (κ1) is 23.6. The van der Waals surface area contributed by atoms with E-state index in [1.54, 1.807) is 0 Å². The van der Waals surface area contributed by atoms with E-state index in [4.69, 9.17) is 20.3 Å². The van der Waals surface area contributed by atoms with Gasteiger partial charge in [-0.2, -0.15) is 9.29 Å². The molecule has 2 aromatic rings. The van der Waals surface area contributed by atoms with Crippen LogP contribution in [-0.2, 0) is 22.7 Å².